The zero-order valence-electron chi connectivity index (χ0n) is 11.9. The summed E-state index contributed by atoms with van der Waals surface area (Å²) in [6.45, 7) is 0.246. The average molecular weight is 321 g/mol. The second-order valence-corrected chi connectivity index (χ2v) is 6.09. The van der Waals surface area contributed by atoms with Crippen LogP contribution in [0.2, 0.25) is 0 Å². The molecule has 2 amide bonds. The Morgan fingerprint density at radius 2 is 2.09 bits per heavy atom. The van der Waals surface area contributed by atoms with Gasteiger partial charge in [0, 0.05) is 12.6 Å². The molecule has 1 heterocycles. The normalized spacial score (nSPS) is 25.6. The molecule has 8 heteroatoms. The van der Waals surface area contributed by atoms with Crippen molar-refractivity contribution in [2.75, 3.05) is 6.54 Å². The zero-order chi connectivity index (χ0) is 16.2. The molecule has 1 aliphatic heterocycles. The molecule has 0 aromatic heterocycles. The van der Waals surface area contributed by atoms with Crippen molar-refractivity contribution in [3.05, 3.63) is 42.0 Å². The predicted molar refractivity (Wildman–Crippen MR) is 83.8 cm³/mol. The number of nitrogens with one attached hydrogen (secondary N) is 1. The number of hydrogen-bond acceptors (Lipinski definition) is 5. The average Bonchev–Trinajstić information content (AvgIpc) is 2.54. The van der Waals surface area contributed by atoms with Gasteiger partial charge in [0.05, 0.1) is 0 Å². The molecule has 5 N–H and O–H groups in total. The van der Waals surface area contributed by atoms with Crippen LogP contribution in [0.15, 0.2) is 36.4 Å². The number of hydrazine groups is 1. The van der Waals surface area contributed by atoms with Gasteiger partial charge in [-0.1, -0.05) is 34.9 Å². The molecule has 0 spiro atoms. The van der Waals surface area contributed by atoms with Crippen LogP contribution in [0.25, 0.3) is 6.08 Å². The van der Waals surface area contributed by atoms with E-state index in [-0.39, 0.29) is 6.54 Å². The Hall–Kier alpha value is -2.08. The van der Waals surface area contributed by atoms with Crippen LogP contribution < -0.4 is 16.9 Å². The number of rotatable bonds is 4. The van der Waals surface area contributed by atoms with E-state index >= 15 is 0 Å². The molecule has 1 aromatic carbocycles. The second kappa shape index (κ2) is 6.79. The molecule has 22 heavy (non-hydrogen) atoms. The Kier molecular flexibility index (Phi) is 5.03. The number of nitrogens with zero attached hydrogens (tertiary/aromatic N) is 1. The second-order valence-electron chi connectivity index (χ2n) is 5.06. The first kappa shape index (κ1) is 16.3. The van der Waals surface area contributed by atoms with Gasteiger partial charge in [0.1, 0.15) is 6.04 Å². The monoisotopic (exact) mass is 321 g/mol. The molecule has 2 rings (SSSR count). The zero-order valence-corrected chi connectivity index (χ0v) is 12.9. The van der Waals surface area contributed by atoms with E-state index in [1.807, 2.05) is 30.3 Å². The van der Waals surface area contributed by atoms with Gasteiger partial charge >= 0.3 is 19.6 Å². The molecule has 3 atom stereocenters. The maximum atomic E-state index is 12.0. The predicted octanol–water partition coefficient (Wildman–Crippen LogP) is -0.0304. The molecule has 0 radical (unpaired) electrons. The first-order valence-electron chi connectivity index (χ1n) is 6.76. The van der Waals surface area contributed by atoms with E-state index in [0.717, 1.165) is 10.6 Å². The largest absolute Gasteiger partial charge is 0.359 e. The lowest BCUT2D eigenvalue weighted by Crippen LogP contribution is -2.68. The molecule has 1 saturated heterocycles. The number of nitrogens with two attached hydrogens (primary N) is 2. The van der Waals surface area contributed by atoms with Crippen molar-refractivity contribution in [1.82, 2.24) is 10.3 Å². The summed E-state index contributed by atoms with van der Waals surface area (Å²) in [5, 5.41) is 1.90. The van der Waals surface area contributed by atoms with Crippen LogP contribution in [0.1, 0.15) is 12.0 Å². The van der Waals surface area contributed by atoms with Crippen LogP contribution in [0.3, 0.4) is 0 Å². The van der Waals surface area contributed by atoms with Gasteiger partial charge in [0.25, 0.3) is 0 Å². The summed E-state index contributed by atoms with van der Waals surface area (Å²) in [4.78, 5) is 23.9. The van der Waals surface area contributed by atoms with Gasteiger partial charge in [-0.05, 0) is 18.1 Å². The molecule has 2 unspecified atom stereocenters. The SMILES string of the molecule is NN1CCC(NC(=O)C=Cc2ccccc2)[C@](N)([PH+]=O)C1=O. The third kappa shape index (κ3) is 3.39. The minimum absolute atomic E-state index is 0.246. The van der Waals surface area contributed by atoms with Crippen molar-refractivity contribution in [3.8, 4) is 0 Å². The minimum atomic E-state index is -1.68. The molecule has 7 nitrogen and oxygen atoms in total. The van der Waals surface area contributed by atoms with Crippen LogP contribution in [0.5, 0.6) is 0 Å². The quantitative estimate of drug-likeness (QED) is 0.311. The Morgan fingerprint density at radius 3 is 2.73 bits per heavy atom. The molecule has 1 aromatic rings. The fraction of sp³-hybridized carbons (Fsp3) is 0.286. The van der Waals surface area contributed by atoms with Gasteiger partial charge in [-0.2, -0.15) is 0 Å². The van der Waals surface area contributed by atoms with E-state index < -0.39 is 31.6 Å². The molecule has 1 aliphatic rings. The van der Waals surface area contributed by atoms with Crippen LogP contribution in [-0.2, 0) is 14.2 Å². The first-order chi connectivity index (χ1) is 10.5. The van der Waals surface area contributed by atoms with Crippen molar-refractivity contribution in [1.29, 1.82) is 0 Å². The van der Waals surface area contributed by atoms with E-state index in [1.54, 1.807) is 6.08 Å². The molecule has 116 valence electrons. The summed E-state index contributed by atoms with van der Waals surface area (Å²) in [6, 6.07) is 8.58. The molecular formula is C14H18N4O3P+. The highest BCUT2D eigenvalue weighted by atomic mass is 31.1. The van der Waals surface area contributed by atoms with Crippen molar-refractivity contribution in [2.24, 2.45) is 11.6 Å². The lowest BCUT2D eigenvalue weighted by atomic mass is 9.99. The van der Waals surface area contributed by atoms with E-state index in [2.05, 4.69) is 5.32 Å². The number of amides is 2. The number of piperidine rings is 1. The minimum Gasteiger partial charge on any atom is -0.343 e. The summed E-state index contributed by atoms with van der Waals surface area (Å²) in [7, 11) is -1.10. The van der Waals surface area contributed by atoms with E-state index in [1.165, 1.54) is 6.08 Å². The lowest BCUT2D eigenvalue weighted by Gasteiger charge is -2.34. The van der Waals surface area contributed by atoms with Gasteiger partial charge in [0.15, 0.2) is 0 Å². The van der Waals surface area contributed by atoms with Crippen LogP contribution in [0.4, 0.5) is 0 Å². The fourth-order valence-electron chi connectivity index (χ4n) is 2.24. The Bertz CT molecular complexity index is 607. The maximum Gasteiger partial charge on any atom is 0.359 e. The molecular weight excluding hydrogens is 303 g/mol. The number of carbonyl (C=O) groups is 2. The molecule has 0 bridgehead atoms. The van der Waals surface area contributed by atoms with Crippen LogP contribution >= 0.6 is 8.46 Å². The highest BCUT2D eigenvalue weighted by Crippen LogP contribution is 2.28. The first-order valence-corrected chi connectivity index (χ1v) is 7.66. The summed E-state index contributed by atoms with van der Waals surface area (Å²) in [5.74, 6) is 4.46. The van der Waals surface area contributed by atoms with Crippen molar-refractivity contribution >= 4 is 26.4 Å². The summed E-state index contributed by atoms with van der Waals surface area (Å²) in [5.41, 5.74) is 6.75. The number of benzene rings is 1. The van der Waals surface area contributed by atoms with Crippen LogP contribution in [0, 0.1) is 0 Å². The Labute approximate surface area is 129 Å². The lowest BCUT2D eigenvalue weighted by molar-refractivity contribution is -0.138. The third-order valence-electron chi connectivity index (χ3n) is 3.54. The van der Waals surface area contributed by atoms with Gasteiger partial charge in [-0.15, -0.1) is 0 Å². The summed E-state index contributed by atoms with van der Waals surface area (Å²) >= 11 is 0. The van der Waals surface area contributed by atoms with E-state index in [9.17, 15) is 14.2 Å². The van der Waals surface area contributed by atoms with Crippen LogP contribution in [-0.4, -0.2) is 34.7 Å². The van der Waals surface area contributed by atoms with Crippen molar-refractivity contribution in [2.45, 2.75) is 17.7 Å². The third-order valence-corrected chi connectivity index (χ3v) is 4.44. The van der Waals surface area contributed by atoms with Gasteiger partial charge in [-0.25, -0.2) is 5.84 Å². The molecule has 0 saturated carbocycles. The fourth-order valence-corrected chi connectivity index (χ4v) is 2.83. The highest BCUT2D eigenvalue weighted by molar-refractivity contribution is 7.27. The van der Waals surface area contributed by atoms with E-state index in [4.69, 9.17) is 11.6 Å². The Morgan fingerprint density at radius 1 is 1.41 bits per heavy atom. The maximum absolute atomic E-state index is 12.0. The highest BCUT2D eigenvalue weighted by Gasteiger charge is 2.55. The smallest absolute Gasteiger partial charge is 0.343 e. The Balaban J connectivity index is 2.06. The molecule has 0 aliphatic carbocycles. The number of hydrogen-bond donors (Lipinski definition) is 3. The van der Waals surface area contributed by atoms with E-state index in [0.29, 0.717) is 6.42 Å². The van der Waals surface area contributed by atoms with Gasteiger partial charge < -0.3 is 5.32 Å². The van der Waals surface area contributed by atoms with Gasteiger partial charge in [0.2, 0.25) is 5.91 Å². The topological polar surface area (TPSA) is 119 Å². The van der Waals surface area contributed by atoms with Crippen molar-refractivity contribution in [3.63, 3.8) is 0 Å². The summed E-state index contributed by atoms with van der Waals surface area (Å²) in [6.07, 6.45) is 3.34. The molecule has 1 fully saturated rings. The van der Waals surface area contributed by atoms with Gasteiger partial charge in [-0.3, -0.25) is 20.3 Å². The number of carbonyl (C=O) groups excluding carboxylic acids is 2. The van der Waals surface area contributed by atoms with Crippen molar-refractivity contribution < 1.29 is 14.2 Å². The summed E-state index contributed by atoms with van der Waals surface area (Å²) < 4.78 is 11.4. The standard InChI is InChI=1S/C14H17N4O3P/c15-14(22-21)11(8-9-18(16)13(14)20)17-12(19)7-6-10-4-2-1-3-5-10/h1-7,11H,8-9,15-16H2,(H,17,19)/p+1/t11?,14-/m0/s1.